The van der Waals surface area contributed by atoms with E-state index in [1.165, 1.54) is 17.0 Å². The molecule has 20 nitrogen and oxygen atoms in total. The first-order chi connectivity index (χ1) is 25.5. The predicted octanol–water partition coefficient (Wildman–Crippen LogP) is -0.598. The molecule has 0 spiro atoms. The third kappa shape index (κ3) is 11.8. The minimum Gasteiger partial charge on any atom is -0.481 e. The molecule has 3 atom stereocenters. The van der Waals surface area contributed by atoms with Crippen LogP contribution >= 0.6 is 0 Å². The van der Waals surface area contributed by atoms with Gasteiger partial charge in [-0.05, 0) is 49.4 Å². The van der Waals surface area contributed by atoms with Crippen LogP contribution in [0.3, 0.4) is 0 Å². The van der Waals surface area contributed by atoms with Gasteiger partial charge in [0.15, 0.2) is 0 Å². The summed E-state index contributed by atoms with van der Waals surface area (Å²) in [5, 5.41) is 43.7. The first kappa shape index (κ1) is 41.4. The van der Waals surface area contributed by atoms with Crippen LogP contribution in [0.1, 0.15) is 54.4 Å². The molecule has 0 aliphatic heterocycles. The molecule has 2 aromatic heterocycles. The number of hydrogen-bond acceptors (Lipinski definition) is 11. The maximum atomic E-state index is 15.4. The largest absolute Gasteiger partial charge is 0.481 e. The zero-order chi connectivity index (χ0) is 40.1. The van der Waals surface area contributed by atoms with Crippen LogP contribution in [0.4, 0.5) is 16.0 Å². The number of hydrogen-bond donors (Lipinski definition) is 10. The van der Waals surface area contributed by atoms with Crippen molar-refractivity contribution in [2.24, 2.45) is 0 Å². The van der Waals surface area contributed by atoms with Crippen molar-refractivity contribution in [3.8, 4) is 12.3 Å². The van der Waals surface area contributed by atoms with E-state index in [1.54, 1.807) is 6.20 Å². The van der Waals surface area contributed by atoms with Crippen molar-refractivity contribution in [1.29, 1.82) is 0 Å². The maximum Gasteiger partial charge on any atom is 0.326 e. The second-order valence-electron chi connectivity index (χ2n) is 11.8. The van der Waals surface area contributed by atoms with Crippen molar-refractivity contribution in [2.75, 3.05) is 23.7 Å². The lowest BCUT2D eigenvalue weighted by atomic mass is 10.1. The highest BCUT2D eigenvalue weighted by Crippen LogP contribution is 2.22. The van der Waals surface area contributed by atoms with Gasteiger partial charge in [-0.3, -0.25) is 29.0 Å². The number of amides is 3. The normalized spacial score (nSPS) is 12.4. The number of nitrogens with zero attached hydrogens (tertiary/aromatic N) is 2. The number of aromatic nitrogens is 3. The molecule has 3 rings (SSSR count). The van der Waals surface area contributed by atoms with Crippen molar-refractivity contribution >= 4 is 64.3 Å². The molecule has 288 valence electrons. The van der Waals surface area contributed by atoms with E-state index < -0.39 is 110 Å². The van der Waals surface area contributed by atoms with Crippen LogP contribution in [0, 0.1) is 18.2 Å². The van der Waals surface area contributed by atoms with E-state index in [-0.39, 0.29) is 47.7 Å². The Balaban J connectivity index is 1.58. The first-order valence-electron chi connectivity index (χ1n) is 16.1. The van der Waals surface area contributed by atoms with Crippen LogP contribution in [-0.4, -0.2) is 108 Å². The third-order valence-electron chi connectivity index (χ3n) is 7.96. The maximum absolute atomic E-state index is 15.4. The number of nitrogens with two attached hydrogens (primary N) is 1. The zero-order valence-corrected chi connectivity index (χ0v) is 28.4. The van der Waals surface area contributed by atoms with Crippen molar-refractivity contribution < 1.29 is 58.4 Å². The minimum atomic E-state index is -1.67. The third-order valence-corrected chi connectivity index (χ3v) is 7.96. The molecule has 11 N–H and O–H groups in total. The lowest BCUT2D eigenvalue weighted by Gasteiger charge is -2.23. The summed E-state index contributed by atoms with van der Waals surface area (Å²) >= 11 is 0. The van der Waals surface area contributed by atoms with Crippen LogP contribution < -0.4 is 32.1 Å². The predicted molar refractivity (Wildman–Crippen MR) is 186 cm³/mol. The van der Waals surface area contributed by atoms with Gasteiger partial charge in [-0.1, -0.05) is 5.92 Å². The molecule has 21 heteroatoms. The topological polar surface area (TPSA) is 327 Å². The monoisotopic (exact) mass is 756 g/mol. The fourth-order valence-corrected chi connectivity index (χ4v) is 5.24. The van der Waals surface area contributed by atoms with E-state index in [4.69, 9.17) is 22.4 Å². The number of carboxylic acids is 4. The fraction of sp³-hybridized carbons (Fsp3) is 0.364. The molecule has 3 aromatic rings. The number of carbonyl (C=O) groups is 7. The first-order valence-corrected chi connectivity index (χ1v) is 16.1. The summed E-state index contributed by atoms with van der Waals surface area (Å²) in [4.78, 5) is 106. The number of aromatic amines is 2. The van der Waals surface area contributed by atoms with Crippen LogP contribution in [0.25, 0.3) is 11.0 Å². The quantitative estimate of drug-likeness (QED) is 0.0607. The Morgan fingerprint density at radius 1 is 0.889 bits per heavy atom. The number of H-pyrrole nitrogens is 2. The Bertz CT molecular complexity index is 2020. The Kier molecular flexibility index (Phi) is 14.6. The standard InChI is InChI=1S/C33H37FN8O12/c1-2-12-42(13-11-17-15-36-27-26(17)29(48)41-33(35)40-27)22-7-3-16(14-18(22)34)28(47)39-21(32(53)54)5-9-24(44)37-19(30(49)50)4-8-23(43)38-20(31(51)52)6-10-25(45)46/h1,3,7,14-15,19-21H,4-6,8-13H2,(H,37,44)(H,38,43)(H,39,47)(H,45,46)(H,49,50)(H,51,52)(H,53,54)(H4,35,36,40,41,48)/t19-,20-,21-/m0/s1. The summed E-state index contributed by atoms with van der Waals surface area (Å²) in [6.45, 7) is 0.0908. The van der Waals surface area contributed by atoms with Gasteiger partial charge in [-0.15, -0.1) is 6.42 Å². The van der Waals surface area contributed by atoms with E-state index in [2.05, 4.69) is 36.8 Å². The molecule has 54 heavy (non-hydrogen) atoms. The number of fused-ring (bicyclic) bond motifs is 1. The lowest BCUT2D eigenvalue weighted by Crippen LogP contribution is -2.45. The molecular weight excluding hydrogens is 719 g/mol. The highest BCUT2D eigenvalue weighted by molar-refractivity contribution is 5.97. The molecule has 0 radical (unpaired) electrons. The van der Waals surface area contributed by atoms with E-state index in [1.807, 2.05) is 0 Å². The Morgan fingerprint density at radius 2 is 1.44 bits per heavy atom. The van der Waals surface area contributed by atoms with Gasteiger partial charge >= 0.3 is 23.9 Å². The summed E-state index contributed by atoms with van der Waals surface area (Å²) < 4.78 is 15.4. The molecule has 0 unspecified atom stereocenters. The Labute approximate surface area is 304 Å². The number of terminal acetylenes is 1. The van der Waals surface area contributed by atoms with Crippen LogP contribution in [0.2, 0.25) is 0 Å². The van der Waals surface area contributed by atoms with Crippen molar-refractivity contribution in [3.63, 3.8) is 0 Å². The van der Waals surface area contributed by atoms with E-state index in [0.29, 0.717) is 5.56 Å². The van der Waals surface area contributed by atoms with Gasteiger partial charge in [0.2, 0.25) is 17.8 Å². The molecule has 0 fully saturated rings. The van der Waals surface area contributed by atoms with E-state index >= 15 is 4.39 Å². The molecule has 0 saturated heterocycles. The summed E-state index contributed by atoms with van der Waals surface area (Å²) in [6.07, 6.45) is 4.16. The van der Waals surface area contributed by atoms with E-state index in [0.717, 1.165) is 6.07 Å². The molecule has 2 heterocycles. The van der Waals surface area contributed by atoms with Gasteiger partial charge in [0.05, 0.1) is 17.6 Å². The molecule has 0 aliphatic rings. The Morgan fingerprint density at radius 3 is 1.96 bits per heavy atom. The summed E-state index contributed by atoms with van der Waals surface area (Å²) in [5.41, 5.74) is 5.69. The lowest BCUT2D eigenvalue weighted by molar-refractivity contribution is -0.144. The Hall–Kier alpha value is -6.98. The average molecular weight is 757 g/mol. The van der Waals surface area contributed by atoms with Crippen LogP contribution in [-0.2, 0) is 35.2 Å². The number of nitrogen functional groups attached to an aromatic ring is 1. The minimum absolute atomic E-state index is 0.0115. The number of rotatable bonds is 21. The van der Waals surface area contributed by atoms with Gasteiger partial charge in [0.25, 0.3) is 11.5 Å². The van der Waals surface area contributed by atoms with Crippen molar-refractivity contribution in [1.82, 2.24) is 30.9 Å². The second-order valence-corrected chi connectivity index (χ2v) is 11.8. The summed E-state index contributed by atoms with van der Waals surface area (Å²) in [6, 6.07) is -1.49. The highest BCUT2D eigenvalue weighted by atomic mass is 19.1. The summed E-state index contributed by atoms with van der Waals surface area (Å²) in [7, 11) is 0. The smallest absolute Gasteiger partial charge is 0.326 e. The summed E-state index contributed by atoms with van der Waals surface area (Å²) in [5.74, 6) is -7.29. The molecule has 1 aromatic carbocycles. The fourth-order valence-electron chi connectivity index (χ4n) is 5.24. The zero-order valence-electron chi connectivity index (χ0n) is 28.4. The number of benzene rings is 1. The average Bonchev–Trinajstić information content (AvgIpc) is 3.51. The number of halogens is 1. The second kappa shape index (κ2) is 19.0. The van der Waals surface area contributed by atoms with Gasteiger partial charge in [0.1, 0.15) is 29.6 Å². The molecule has 0 aliphatic carbocycles. The number of carbonyl (C=O) groups excluding carboxylic acids is 3. The highest BCUT2D eigenvalue weighted by Gasteiger charge is 2.27. The molecule has 0 saturated carbocycles. The number of anilines is 2. The van der Waals surface area contributed by atoms with Gasteiger partial charge in [-0.2, -0.15) is 4.98 Å². The van der Waals surface area contributed by atoms with Crippen molar-refractivity contribution in [2.45, 2.75) is 63.1 Å². The number of carboxylic acid groups (broad SMARTS) is 4. The number of aliphatic carboxylic acids is 4. The van der Waals surface area contributed by atoms with Gasteiger partial charge in [0, 0.05) is 37.6 Å². The molecule has 3 amide bonds. The molecule has 0 bridgehead atoms. The van der Waals surface area contributed by atoms with Gasteiger partial charge < -0.3 is 52.0 Å². The van der Waals surface area contributed by atoms with Crippen molar-refractivity contribution in [3.05, 3.63) is 51.7 Å². The SMILES string of the molecule is C#CCN(CCc1c[nH]c2nc(N)[nH]c(=O)c12)c1ccc(C(=O)N[C@@H](CCC(=O)N[C@@H](CCC(=O)N[C@@H](CCC(=O)O)C(=O)O)C(=O)O)C(=O)O)cc1F. The van der Waals surface area contributed by atoms with E-state index in [9.17, 15) is 48.6 Å². The number of nitrogens with one attached hydrogen (secondary N) is 5. The van der Waals surface area contributed by atoms with Crippen LogP contribution in [0.5, 0.6) is 0 Å². The van der Waals surface area contributed by atoms with Gasteiger partial charge in [-0.25, -0.2) is 18.8 Å². The van der Waals surface area contributed by atoms with Crippen LogP contribution in [0.15, 0.2) is 29.2 Å². The molecular formula is C33H37FN8O12.